The quantitative estimate of drug-likeness (QED) is 0.622. The van der Waals surface area contributed by atoms with Gasteiger partial charge in [0.1, 0.15) is 0 Å². The molecule has 0 aliphatic rings. The number of hydrogen-bond acceptors (Lipinski definition) is 0. The SMILES string of the molecule is [CH]=CC(C=CC=C)C=Cc1ccccc1. The van der Waals surface area contributed by atoms with Crippen molar-refractivity contribution in [1.29, 1.82) is 0 Å². The molecular weight excluding hydrogens is 180 g/mol. The van der Waals surface area contributed by atoms with Crippen molar-refractivity contribution in [2.24, 2.45) is 5.92 Å². The topological polar surface area (TPSA) is 0 Å². The van der Waals surface area contributed by atoms with E-state index < -0.39 is 0 Å². The van der Waals surface area contributed by atoms with Crippen molar-refractivity contribution in [2.75, 3.05) is 0 Å². The summed E-state index contributed by atoms with van der Waals surface area (Å²) in [7, 11) is 0. The molecular formula is C15H15. The fraction of sp³-hybridized carbons (Fsp3) is 0.0667. The molecule has 0 heteroatoms. The van der Waals surface area contributed by atoms with Crippen LogP contribution in [0.25, 0.3) is 6.08 Å². The molecule has 0 saturated heterocycles. The first-order chi connectivity index (χ1) is 7.36. The van der Waals surface area contributed by atoms with Crippen LogP contribution in [0, 0.1) is 12.5 Å². The van der Waals surface area contributed by atoms with Gasteiger partial charge in [-0.1, -0.05) is 79.9 Å². The Morgan fingerprint density at radius 2 is 1.87 bits per heavy atom. The highest BCUT2D eigenvalue weighted by atomic mass is 14.0. The summed E-state index contributed by atoms with van der Waals surface area (Å²) in [6.45, 7) is 9.14. The maximum atomic E-state index is 5.52. The minimum Gasteiger partial charge on any atom is -0.0991 e. The van der Waals surface area contributed by atoms with Gasteiger partial charge in [-0.25, -0.2) is 0 Å². The Balaban J connectivity index is 2.66. The van der Waals surface area contributed by atoms with Gasteiger partial charge in [0.2, 0.25) is 0 Å². The molecule has 1 aromatic carbocycles. The van der Waals surface area contributed by atoms with Crippen molar-refractivity contribution in [2.45, 2.75) is 0 Å². The molecule has 0 aliphatic heterocycles. The van der Waals surface area contributed by atoms with Gasteiger partial charge in [-0.3, -0.25) is 0 Å². The molecule has 0 amide bonds. The third-order valence-electron chi connectivity index (χ3n) is 2.00. The van der Waals surface area contributed by atoms with Crippen LogP contribution in [0.5, 0.6) is 0 Å². The predicted octanol–water partition coefficient (Wildman–Crippen LogP) is 4.05. The Hall–Kier alpha value is -1.82. The number of benzene rings is 1. The van der Waals surface area contributed by atoms with Crippen LogP contribution in [-0.2, 0) is 0 Å². The average molecular weight is 195 g/mol. The lowest BCUT2D eigenvalue weighted by Crippen LogP contribution is -1.83. The second-order valence-corrected chi connectivity index (χ2v) is 3.16. The van der Waals surface area contributed by atoms with Crippen LogP contribution in [0.15, 0.2) is 67.3 Å². The lowest BCUT2D eigenvalue weighted by atomic mass is 10.1. The highest BCUT2D eigenvalue weighted by Crippen LogP contribution is 2.07. The smallest absolute Gasteiger partial charge is 0.0136 e. The summed E-state index contributed by atoms with van der Waals surface area (Å²) in [5.74, 6) is 0.156. The molecule has 0 nitrogen and oxygen atoms in total. The molecule has 0 saturated carbocycles. The summed E-state index contributed by atoms with van der Waals surface area (Å²) in [5, 5.41) is 0. The molecule has 0 bridgehead atoms. The van der Waals surface area contributed by atoms with Gasteiger partial charge in [0.15, 0.2) is 0 Å². The molecule has 0 aliphatic carbocycles. The van der Waals surface area contributed by atoms with Gasteiger partial charge in [-0.05, 0) is 5.56 Å². The van der Waals surface area contributed by atoms with Gasteiger partial charge < -0.3 is 0 Å². The van der Waals surface area contributed by atoms with Crippen molar-refractivity contribution in [1.82, 2.24) is 0 Å². The molecule has 1 atom stereocenters. The average Bonchev–Trinajstić information content (AvgIpc) is 2.31. The van der Waals surface area contributed by atoms with Crippen molar-refractivity contribution in [3.05, 3.63) is 79.4 Å². The van der Waals surface area contributed by atoms with Crippen molar-refractivity contribution < 1.29 is 0 Å². The van der Waals surface area contributed by atoms with Crippen LogP contribution < -0.4 is 0 Å². The monoisotopic (exact) mass is 195 g/mol. The van der Waals surface area contributed by atoms with Crippen molar-refractivity contribution in [3.63, 3.8) is 0 Å². The molecule has 15 heavy (non-hydrogen) atoms. The Morgan fingerprint density at radius 1 is 1.13 bits per heavy atom. The lowest BCUT2D eigenvalue weighted by molar-refractivity contribution is 1.08. The third kappa shape index (κ3) is 4.28. The minimum atomic E-state index is 0.156. The van der Waals surface area contributed by atoms with E-state index in [4.69, 9.17) is 6.58 Å². The van der Waals surface area contributed by atoms with E-state index in [9.17, 15) is 0 Å². The van der Waals surface area contributed by atoms with E-state index >= 15 is 0 Å². The normalized spacial score (nSPS) is 13.1. The van der Waals surface area contributed by atoms with Gasteiger partial charge in [-0.15, -0.1) is 0 Å². The Labute approximate surface area is 92.0 Å². The van der Waals surface area contributed by atoms with Crippen LogP contribution in [0.3, 0.4) is 0 Å². The van der Waals surface area contributed by atoms with E-state index in [2.05, 4.69) is 30.9 Å². The summed E-state index contributed by atoms with van der Waals surface area (Å²) in [4.78, 5) is 0. The van der Waals surface area contributed by atoms with E-state index in [0.29, 0.717) is 0 Å². The molecule has 0 aromatic heterocycles. The maximum Gasteiger partial charge on any atom is 0.0136 e. The van der Waals surface area contributed by atoms with Crippen molar-refractivity contribution >= 4 is 6.08 Å². The van der Waals surface area contributed by atoms with Crippen molar-refractivity contribution in [3.8, 4) is 0 Å². The van der Waals surface area contributed by atoms with E-state index in [1.807, 2.05) is 30.4 Å². The summed E-state index contributed by atoms with van der Waals surface area (Å²) < 4.78 is 0. The zero-order valence-electron chi connectivity index (χ0n) is 8.71. The first-order valence-electron chi connectivity index (χ1n) is 4.94. The number of hydrogen-bond donors (Lipinski definition) is 0. The Morgan fingerprint density at radius 3 is 2.47 bits per heavy atom. The van der Waals surface area contributed by atoms with Crippen LogP contribution in [0.4, 0.5) is 0 Å². The van der Waals surface area contributed by atoms with Crippen LogP contribution >= 0.6 is 0 Å². The summed E-state index contributed by atoms with van der Waals surface area (Å²) in [6.07, 6.45) is 11.4. The Kier molecular flexibility index (Phi) is 4.96. The van der Waals surface area contributed by atoms with Crippen LogP contribution in [0.1, 0.15) is 5.56 Å². The number of allylic oxidation sites excluding steroid dienone is 5. The van der Waals surface area contributed by atoms with Crippen LogP contribution in [-0.4, -0.2) is 0 Å². The highest BCUT2D eigenvalue weighted by molar-refractivity contribution is 5.49. The maximum absolute atomic E-state index is 5.52. The van der Waals surface area contributed by atoms with E-state index in [-0.39, 0.29) is 5.92 Å². The molecule has 1 radical (unpaired) electrons. The van der Waals surface area contributed by atoms with E-state index in [0.717, 1.165) is 0 Å². The van der Waals surface area contributed by atoms with Gasteiger partial charge >= 0.3 is 0 Å². The number of rotatable bonds is 5. The zero-order valence-corrected chi connectivity index (χ0v) is 8.71. The van der Waals surface area contributed by atoms with Gasteiger partial charge in [0, 0.05) is 5.92 Å². The third-order valence-corrected chi connectivity index (χ3v) is 2.00. The summed E-state index contributed by atoms with van der Waals surface area (Å²) in [5.41, 5.74) is 1.18. The first-order valence-corrected chi connectivity index (χ1v) is 4.94. The second kappa shape index (κ2) is 6.61. The fourth-order valence-electron chi connectivity index (χ4n) is 1.19. The van der Waals surface area contributed by atoms with E-state index in [1.54, 1.807) is 12.2 Å². The molecule has 0 fully saturated rings. The molecule has 0 spiro atoms. The van der Waals surface area contributed by atoms with E-state index in [1.165, 1.54) is 5.56 Å². The zero-order chi connectivity index (χ0) is 10.9. The largest absolute Gasteiger partial charge is 0.0991 e. The lowest BCUT2D eigenvalue weighted by Gasteiger charge is -1.98. The molecule has 1 aromatic rings. The summed E-state index contributed by atoms with van der Waals surface area (Å²) in [6, 6.07) is 10.1. The van der Waals surface area contributed by atoms with Gasteiger partial charge in [-0.2, -0.15) is 0 Å². The molecule has 75 valence electrons. The molecule has 1 rings (SSSR count). The minimum absolute atomic E-state index is 0.156. The molecule has 0 N–H and O–H groups in total. The highest BCUT2D eigenvalue weighted by Gasteiger charge is 1.91. The Bertz CT molecular complexity index is 355. The summed E-state index contributed by atoms with van der Waals surface area (Å²) >= 11 is 0. The standard InChI is InChI=1S/C15H15/c1-3-5-9-14(4-2)12-13-15-10-7-6-8-11-15/h2-14H,1H2. The fourth-order valence-corrected chi connectivity index (χ4v) is 1.19. The predicted molar refractivity (Wildman–Crippen MR) is 67.2 cm³/mol. The second-order valence-electron chi connectivity index (χ2n) is 3.16. The molecule has 1 unspecified atom stereocenters. The van der Waals surface area contributed by atoms with Gasteiger partial charge in [0.05, 0.1) is 0 Å². The van der Waals surface area contributed by atoms with Crippen LogP contribution in [0.2, 0.25) is 0 Å². The molecule has 0 heterocycles. The first kappa shape index (κ1) is 11.3. The van der Waals surface area contributed by atoms with Gasteiger partial charge in [0.25, 0.3) is 0 Å².